The van der Waals surface area contributed by atoms with E-state index in [0.29, 0.717) is 5.89 Å². The monoisotopic (exact) mass is 236 g/mol. The number of carbonyl (C=O) groups excluding carboxylic acids is 1. The molecule has 88 valence electrons. The van der Waals surface area contributed by atoms with Crippen molar-refractivity contribution < 1.29 is 18.4 Å². The first kappa shape index (κ1) is 11.3. The number of methoxy groups -OCH3 is 1. The van der Waals surface area contributed by atoms with Crippen molar-refractivity contribution in [3.63, 3.8) is 0 Å². The number of nitrogens with zero attached hydrogens (tertiary/aromatic N) is 2. The van der Waals surface area contributed by atoms with Crippen LogP contribution in [0.5, 0.6) is 0 Å². The predicted octanol–water partition coefficient (Wildman–Crippen LogP) is 1.97. The van der Waals surface area contributed by atoms with Crippen LogP contribution in [0.1, 0.15) is 16.2 Å². The molecule has 0 unspecified atom stereocenters. The fourth-order valence-corrected chi connectivity index (χ4v) is 1.43. The fourth-order valence-electron chi connectivity index (χ4n) is 1.43. The Morgan fingerprint density at radius 3 is 2.82 bits per heavy atom. The summed E-state index contributed by atoms with van der Waals surface area (Å²) in [5.74, 6) is -0.972. The SMILES string of the molecule is COC(=O)c1c(F)cccc1-c1noc(C)n1. The molecule has 2 aromatic rings. The highest BCUT2D eigenvalue weighted by molar-refractivity contribution is 5.96. The van der Waals surface area contributed by atoms with Gasteiger partial charge in [0.05, 0.1) is 7.11 Å². The Morgan fingerprint density at radius 1 is 1.47 bits per heavy atom. The molecule has 0 amide bonds. The number of ether oxygens (including phenoxy) is 1. The van der Waals surface area contributed by atoms with E-state index in [1.54, 1.807) is 6.92 Å². The van der Waals surface area contributed by atoms with E-state index in [-0.39, 0.29) is 17.0 Å². The van der Waals surface area contributed by atoms with Gasteiger partial charge in [0.1, 0.15) is 11.4 Å². The van der Waals surface area contributed by atoms with Crippen molar-refractivity contribution >= 4 is 5.97 Å². The van der Waals surface area contributed by atoms with Crippen molar-refractivity contribution in [1.82, 2.24) is 10.1 Å². The van der Waals surface area contributed by atoms with E-state index in [9.17, 15) is 9.18 Å². The lowest BCUT2D eigenvalue weighted by Gasteiger charge is -2.04. The van der Waals surface area contributed by atoms with Gasteiger partial charge < -0.3 is 9.26 Å². The van der Waals surface area contributed by atoms with Gasteiger partial charge in [-0.15, -0.1) is 0 Å². The van der Waals surface area contributed by atoms with Gasteiger partial charge in [-0.25, -0.2) is 9.18 Å². The van der Waals surface area contributed by atoms with Gasteiger partial charge >= 0.3 is 5.97 Å². The highest BCUT2D eigenvalue weighted by atomic mass is 19.1. The van der Waals surface area contributed by atoms with E-state index in [1.807, 2.05) is 0 Å². The smallest absolute Gasteiger partial charge is 0.341 e. The van der Waals surface area contributed by atoms with Crippen LogP contribution >= 0.6 is 0 Å². The van der Waals surface area contributed by atoms with Crippen molar-refractivity contribution in [3.8, 4) is 11.4 Å². The Labute approximate surface area is 96.2 Å². The van der Waals surface area contributed by atoms with Crippen LogP contribution in [0.4, 0.5) is 4.39 Å². The second kappa shape index (κ2) is 4.32. The normalized spacial score (nSPS) is 10.3. The Morgan fingerprint density at radius 2 is 2.24 bits per heavy atom. The van der Waals surface area contributed by atoms with Crippen LogP contribution in [0.25, 0.3) is 11.4 Å². The minimum absolute atomic E-state index is 0.155. The van der Waals surface area contributed by atoms with E-state index in [0.717, 1.165) is 0 Å². The number of aryl methyl sites for hydroxylation is 1. The third-order valence-electron chi connectivity index (χ3n) is 2.17. The molecule has 0 aliphatic carbocycles. The summed E-state index contributed by atoms with van der Waals surface area (Å²) >= 11 is 0. The molecule has 0 radical (unpaired) electrons. The zero-order chi connectivity index (χ0) is 12.4. The van der Waals surface area contributed by atoms with Gasteiger partial charge in [-0.05, 0) is 12.1 Å². The molecule has 0 fully saturated rings. The Hall–Kier alpha value is -2.24. The minimum atomic E-state index is -0.777. The van der Waals surface area contributed by atoms with Gasteiger partial charge in [-0.2, -0.15) is 4.98 Å². The largest absolute Gasteiger partial charge is 0.465 e. The first-order valence-electron chi connectivity index (χ1n) is 4.81. The maximum Gasteiger partial charge on any atom is 0.341 e. The van der Waals surface area contributed by atoms with Crippen molar-refractivity contribution in [2.45, 2.75) is 6.92 Å². The van der Waals surface area contributed by atoms with Gasteiger partial charge in [0.15, 0.2) is 0 Å². The van der Waals surface area contributed by atoms with Crippen LogP contribution in [-0.2, 0) is 4.74 Å². The van der Waals surface area contributed by atoms with E-state index >= 15 is 0 Å². The standard InChI is InChI=1S/C11H9FN2O3/c1-6-13-10(14-17-6)7-4-3-5-8(12)9(7)11(15)16-2/h3-5H,1-2H3. The van der Waals surface area contributed by atoms with Gasteiger partial charge in [0.2, 0.25) is 11.7 Å². The summed E-state index contributed by atoms with van der Waals surface area (Å²) in [5.41, 5.74) is 0.0458. The lowest BCUT2D eigenvalue weighted by atomic mass is 10.1. The molecular weight excluding hydrogens is 227 g/mol. The molecule has 17 heavy (non-hydrogen) atoms. The molecule has 0 saturated carbocycles. The zero-order valence-corrected chi connectivity index (χ0v) is 9.23. The highest BCUT2D eigenvalue weighted by Gasteiger charge is 2.21. The van der Waals surface area contributed by atoms with Crippen molar-refractivity contribution in [2.75, 3.05) is 7.11 Å². The molecule has 0 spiro atoms. The maximum atomic E-state index is 13.6. The zero-order valence-electron chi connectivity index (χ0n) is 9.23. The summed E-state index contributed by atoms with van der Waals surface area (Å²) in [6.07, 6.45) is 0. The van der Waals surface area contributed by atoms with Crippen LogP contribution in [0.15, 0.2) is 22.7 Å². The molecule has 0 N–H and O–H groups in total. The quantitative estimate of drug-likeness (QED) is 0.746. The molecule has 1 aromatic heterocycles. The summed E-state index contributed by atoms with van der Waals surface area (Å²) < 4.78 is 22.9. The van der Waals surface area contributed by atoms with Gasteiger partial charge in [0, 0.05) is 12.5 Å². The molecular formula is C11H9FN2O3. The summed E-state index contributed by atoms with van der Waals surface area (Å²) in [4.78, 5) is 15.4. The number of benzene rings is 1. The molecule has 0 aliphatic heterocycles. The average molecular weight is 236 g/mol. The Bertz CT molecular complexity index is 566. The van der Waals surface area contributed by atoms with Gasteiger partial charge in [-0.1, -0.05) is 11.2 Å². The molecule has 1 heterocycles. The number of esters is 1. The molecule has 0 aliphatic rings. The second-order valence-corrected chi connectivity index (χ2v) is 3.29. The number of hydrogen-bond donors (Lipinski definition) is 0. The number of halogens is 1. The average Bonchev–Trinajstić information content (AvgIpc) is 2.74. The fraction of sp³-hybridized carbons (Fsp3) is 0.182. The summed E-state index contributed by atoms with van der Waals surface area (Å²) in [6, 6.07) is 4.16. The molecule has 5 nitrogen and oxygen atoms in total. The maximum absolute atomic E-state index is 13.6. The number of aromatic nitrogens is 2. The second-order valence-electron chi connectivity index (χ2n) is 3.29. The summed E-state index contributed by atoms with van der Waals surface area (Å²) in [6.45, 7) is 1.60. The molecule has 0 saturated heterocycles. The lowest BCUT2D eigenvalue weighted by Crippen LogP contribution is -2.07. The molecule has 1 aromatic carbocycles. The van der Waals surface area contributed by atoms with Crippen LogP contribution in [0, 0.1) is 12.7 Å². The Kier molecular flexibility index (Phi) is 2.86. The molecule has 2 rings (SSSR count). The Balaban J connectivity index is 2.61. The van der Waals surface area contributed by atoms with Crippen molar-refractivity contribution in [3.05, 3.63) is 35.5 Å². The first-order chi connectivity index (χ1) is 8.13. The topological polar surface area (TPSA) is 65.2 Å². The predicted molar refractivity (Wildman–Crippen MR) is 55.8 cm³/mol. The number of rotatable bonds is 2. The van der Waals surface area contributed by atoms with Gasteiger partial charge in [-0.3, -0.25) is 0 Å². The van der Waals surface area contributed by atoms with Crippen LogP contribution in [-0.4, -0.2) is 23.2 Å². The van der Waals surface area contributed by atoms with E-state index in [4.69, 9.17) is 4.52 Å². The van der Waals surface area contributed by atoms with Crippen LogP contribution in [0.2, 0.25) is 0 Å². The van der Waals surface area contributed by atoms with Gasteiger partial charge in [0.25, 0.3) is 0 Å². The molecule has 6 heteroatoms. The molecule has 0 atom stereocenters. The number of carbonyl (C=O) groups is 1. The number of hydrogen-bond acceptors (Lipinski definition) is 5. The third kappa shape index (κ3) is 2.01. The minimum Gasteiger partial charge on any atom is -0.465 e. The van der Waals surface area contributed by atoms with Crippen molar-refractivity contribution in [2.24, 2.45) is 0 Å². The van der Waals surface area contributed by atoms with Crippen molar-refractivity contribution in [1.29, 1.82) is 0 Å². The van der Waals surface area contributed by atoms with Crippen LogP contribution < -0.4 is 0 Å². The summed E-state index contributed by atoms with van der Waals surface area (Å²) in [5, 5.41) is 3.64. The third-order valence-corrected chi connectivity index (χ3v) is 2.17. The van der Waals surface area contributed by atoms with E-state index in [2.05, 4.69) is 14.9 Å². The molecule has 0 bridgehead atoms. The van der Waals surface area contributed by atoms with E-state index < -0.39 is 11.8 Å². The van der Waals surface area contributed by atoms with Crippen LogP contribution in [0.3, 0.4) is 0 Å². The summed E-state index contributed by atoms with van der Waals surface area (Å²) in [7, 11) is 1.18. The lowest BCUT2D eigenvalue weighted by molar-refractivity contribution is 0.0596. The van der Waals surface area contributed by atoms with E-state index in [1.165, 1.54) is 25.3 Å². The first-order valence-corrected chi connectivity index (χ1v) is 4.81. The highest BCUT2D eigenvalue weighted by Crippen LogP contribution is 2.23.